The van der Waals surface area contributed by atoms with Crippen LogP contribution in [0.3, 0.4) is 0 Å². The molecular formula is C15H22N2O2S. The number of fused-ring (bicyclic) bond motifs is 2. The molecule has 3 rings (SSSR count). The van der Waals surface area contributed by atoms with E-state index >= 15 is 0 Å². The molecule has 0 amide bonds. The molecule has 20 heavy (non-hydrogen) atoms. The number of hydrogen-bond acceptors (Lipinski definition) is 3. The molecule has 2 fully saturated rings. The molecule has 1 N–H and O–H groups in total. The zero-order valence-corrected chi connectivity index (χ0v) is 12.7. The molecular weight excluding hydrogens is 272 g/mol. The van der Waals surface area contributed by atoms with Crippen LogP contribution in [0.2, 0.25) is 0 Å². The van der Waals surface area contributed by atoms with Gasteiger partial charge in [0, 0.05) is 18.6 Å². The Labute approximate surface area is 121 Å². The van der Waals surface area contributed by atoms with E-state index in [9.17, 15) is 8.42 Å². The summed E-state index contributed by atoms with van der Waals surface area (Å²) in [5.74, 6) is 0.127. The smallest absolute Gasteiger partial charge is 0.218 e. The van der Waals surface area contributed by atoms with Gasteiger partial charge in [0.25, 0.3) is 0 Å². The summed E-state index contributed by atoms with van der Waals surface area (Å²) in [5.41, 5.74) is 2.00. The van der Waals surface area contributed by atoms with Gasteiger partial charge < -0.3 is 5.32 Å². The molecule has 0 aliphatic carbocycles. The summed E-state index contributed by atoms with van der Waals surface area (Å²) < 4.78 is 27.4. The zero-order valence-electron chi connectivity index (χ0n) is 11.9. The first-order valence-corrected chi connectivity index (χ1v) is 8.95. The third-order valence-corrected chi connectivity index (χ3v) is 6.28. The van der Waals surface area contributed by atoms with Crippen LogP contribution in [-0.4, -0.2) is 37.9 Å². The highest BCUT2D eigenvalue weighted by Crippen LogP contribution is 2.32. The van der Waals surface area contributed by atoms with Gasteiger partial charge in [-0.15, -0.1) is 0 Å². The highest BCUT2D eigenvalue weighted by atomic mass is 32.2. The molecule has 110 valence electrons. The fourth-order valence-electron chi connectivity index (χ4n) is 3.48. The van der Waals surface area contributed by atoms with Crippen LogP contribution in [0.25, 0.3) is 0 Å². The summed E-state index contributed by atoms with van der Waals surface area (Å²) in [6, 6.07) is 8.15. The second-order valence-electron chi connectivity index (χ2n) is 5.95. The van der Waals surface area contributed by atoms with E-state index in [1.165, 1.54) is 0 Å². The highest BCUT2D eigenvalue weighted by molar-refractivity contribution is 7.88. The summed E-state index contributed by atoms with van der Waals surface area (Å²) in [6.45, 7) is 3.72. The van der Waals surface area contributed by atoms with Crippen molar-refractivity contribution in [2.75, 3.05) is 13.1 Å². The third kappa shape index (κ3) is 2.75. The third-order valence-electron chi connectivity index (χ3n) is 4.34. The van der Waals surface area contributed by atoms with Crippen LogP contribution in [0.1, 0.15) is 30.4 Å². The van der Waals surface area contributed by atoms with Gasteiger partial charge in [-0.1, -0.05) is 29.8 Å². The van der Waals surface area contributed by atoms with Gasteiger partial charge >= 0.3 is 0 Å². The summed E-state index contributed by atoms with van der Waals surface area (Å²) in [5, 5.41) is 3.35. The van der Waals surface area contributed by atoms with Crippen LogP contribution in [0.15, 0.2) is 24.3 Å². The van der Waals surface area contributed by atoms with Crippen molar-refractivity contribution in [2.45, 2.75) is 44.0 Å². The van der Waals surface area contributed by atoms with Crippen molar-refractivity contribution in [3.05, 3.63) is 35.4 Å². The van der Waals surface area contributed by atoms with Crippen LogP contribution in [0.4, 0.5) is 0 Å². The van der Waals surface area contributed by atoms with Gasteiger partial charge in [0.2, 0.25) is 10.0 Å². The normalized spacial score (nSPS) is 27.4. The van der Waals surface area contributed by atoms with Crippen molar-refractivity contribution in [1.29, 1.82) is 0 Å². The van der Waals surface area contributed by atoms with Crippen LogP contribution >= 0.6 is 0 Å². The lowest BCUT2D eigenvalue weighted by molar-refractivity contribution is 0.334. The van der Waals surface area contributed by atoms with E-state index in [1.807, 2.05) is 31.2 Å². The highest BCUT2D eigenvalue weighted by Gasteiger charge is 2.42. The van der Waals surface area contributed by atoms with Gasteiger partial charge in [0.15, 0.2) is 0 Å². The predicted octanol–water partition coefficient (Wildman–Crippen LogP) is 1.65. The Kier molecular flexibility index (Phi) is 3.84. The number of hydrogen-bond donors (Lipinski definition) is 1. The summed E-state index contributed by atoms with van der Waals surface area (Å²) in [7, 11) is -3.22. The fraction of sp³-hybridized carbons (Fsp3) is 0.600. The molecule has 4 nitrogen and oxygen atoms in total. The Bertz CT molecular complexity index is 571. The Balaban J connectivity index is 1.84. The van der Waals surface area contributed by atoms with Gasteiger partial charge in [-0.25, -0.2) is 8.42 Å². The van der Waals surface area contributed by atoms with E-state index in [0.717, 1.165) is 43.5 Å². The quantitative estimate of drug-likeness (QED) is 0.922. The minimum atomic E-state index is -3.22. The molecule has 0 radical (unpaired) electrons. The molecule has 0 saturated carbocycles. The summed E-state index contributed by atoms with van der Waals surface area (Å²) in [6.07, 6.45) is 2.94. The first-order chi connectivity index (χ1) is 9.56. The molecule has 0 aromatic heterocycles. The second-order valence-corrected chi connectivity index (χ2v) is 7.83. The average molecular weight is 294 g/mol. The maximum absolute atomic E-state index is 12.8. The number of benzene rings is 1. The molecule has 2 heterocycles. The maximum atomic E-state index is 12.8. The molecule has 1 aromatic rings. The molecule has 0 spiro atoms. The van der Waals surface area contributed by atoms with Gasteiger partial charge in [-0.3, -0.25) is 0 Å². The first-order valence-electron chi connectivity index (χ1n) is 7.34. The second kappa shape index (κ2) is 5.47. The average Bonchev–Trinajstić information content (AvgIpc) is 2.63. The number of nitrogens with one attached hydrogen (secondary N) is 1. The Morgan fingerprint density at radius 2 is 2.05 bits per heavy atom. The molecule has 2 aliphatic heterocycles. The van der Waals surface area contributed by atoms with Crippen LogP contribution in [0.5, 0.6) is 0 Å². The van der Waals surface area contributed by atoms with Crippen molar-refractivity contribution in [3.8, 4) is 0 Å². The van der Waals surface area contributed by atoms with Gasteiger partial charge in [-0.2, -0.15) is 4.31 Å². The van der Waals surface area contributed by atoms with Gasteiger partial charge in [0.1, 0.15) is 0 Å². The molecule has 2 atom stereocenters. The van der Waals surface area contributed by atoms with Crippen molar-refractivity contribution >= 4 is 10.0 Å². The summed E-state index contributed by atoms with van der Waals surface area (Å²) in [4.78, 5) is 0. The molecule has 5 heteroatoms. The molecule has 2 bridgehead atoms. The fourth-order valence-corrected chi connectivity index (χ4v) is 5.53. The molecule has 1 aromatic carbocycles. The van der Waals surface area contributed by atoms with Gasteiger partial charge in [-0.05, 0) is 38.3 Å². The number of rotatable bonds is 3. The number of aryl methyl sites for hydroxylation is 1. The van der Waals surface area contributed by atoms with E-state index in [4.69, 9.17) is 0 Å². The lowest BCUT2D eigenvalue weighted by Crippen LogP contribution is -2.43. The van der Waals surface area contributed by atoms with E-state index in [1.54, 1.807) is 4.31 Å². The topological polar surface area (TPSA) is 49.4 Å². The van der Waals surface area contributed by atoms with Crippen molar-refractivity contribution in [2.24, 2.45) is 0 Å². The summed E-state index contributed by atoms with van der Waals surface area (Å²) >= 11 is 0. The van der Waals surface area contributed by atoms with Crippen molar-refractivity contribution in [3.63, 3.8) is 0 Å². The van der Waals surface area contributed by atoms with E-state index in [2.05, 4.69) is 5.32 Å². The van der Waals surface area contributed by atoms with Crippen molar-refractivity contribution in [1.82, 2.24) is 9.62 Å². The first kappa shape index (κ1) is 14.0. The predicted molar refractivity (Wildman–Crippen MR) is 79.9 cm³/mol. The van der Waals surface area contributed by atoms with E-state index in [0.29, 0.717) is 0 Å². The molecule has 2 unspecified atom stereocenters. The largest absolute Gasteiger partial charge is 0.315 e. The van der Waals surface area contributed by atoms with E-state index < -0.39 is 10.0 Å². The molecule has 2 saturated heterocycles. The molecule has 2 aliphatic rings. The van der Waals surface area contributed by atoms with Crippen LogP contribution < -0.4 is 5.32 Å². The SMILES string of the molecule is Cc1cccc(CS(=O)(=O)N2C3CCNCC2CC3)c1. The zero-order chi connectivity index (χ0) is 14.2. The lowest BCUT2D eigenvalue weighted by atomic mass is 10.1. The lowest BCUT2D eigenvalue weighted by Gasteiger charge is -2.27. The Morgan fingerprint density at radius 3 is 2.85 bits per heavy atom. The maximum Gasteiger partial charge on any atom is 0.218 e. The Morgan fingerprint density at radius 1 is 1.25 bits per heavy atom. The number of sulfonamides is 1. The minimum absolute atomic E-state index is 0.127. The monoisotopic (exact) mass is 294 g/mol. The van der Waals surface area contributed by atoms with Gasteiger partial charge in [0.05, 0.1) is 5.75 Å². The Hall–Kier alpha value is -0.910. The standard InChI is InChI=1S/C15H22N2O2S/c1-12-3-2-4-13(9-12)11-20(18,19)17-14-5-6-15(17)10-16-8-7-14/h2-4,9,14-16H,5-8,10-11H2,1H3. The minimum Gasteiger partial charge on any atom is -0.315 e. The van der Waals surface area contributed by atoms with E-state index in [-0.39, 0.29) is 17.8 Å². The number of nitrogens with zero attached hydrogens (tertiary/aromatic N) is 1. The van der Waals surface area contributed by atoms with Crippen LogP contribution in [-0.2, 0) is 15.8 Å². The van der Waals surface area contributed by atoms with Crippen LogP contribution in [0, 0.1) is 6.92 Å². The van der Waals surface area contributed by atoms with Crippen molar-refractivity contribution < 1.29 is 8.42 Å².